The zero-order chi connectivity index (χ0) is 10.4. The fraction of sp³-hybridized carbons (Fsp3) is 0.636. The van der Waals surface area contributed by atoms with E-state index in [0.29, 0.717) is 11.3 Å². The maximum atomic E-state index is 3.56. The van der Waals surface area contributed by atoms with E-state index in [0.717, 1.165) is 13.0 Å². The van der Waals surface area contributed by atoms with Crippen LogP contribution in [0.4, 0.5) is 0 Å². The summed E-state index contributed by atoms with van der Waals surface area (Å²) in [5, 5.41) is 6.41. The Labute approximate surface area is 95.3 Å². The van der Waals surface area contributed by atoms with Crippen molar-refractivity contribution in [3.05, 3.63) is 22.4 Å². The van der Waals surface area contributed by atoms with Gasteiger partial charge in [0.05, 0.1) is 0 Å². The van der Waals surface area contributed by atoms with Gasteiger partial charge in [-0.25, -0.2) is 0 Å². The van der Waals surface area contributed by atoms with Gasteiger partial charge in [0.1, 0.15) is 0 Å². The van der Waals surface area contributed by atoms with Gasteiger partial charge in [0.25, 0.3) is 0 Å². The monoisotopic (exact) mass is 229 g/mol. The van der Waals surface area contributed by atoms with Crippen LogP contribution in [0, 0.1) is 0 Å². The van der Waals surface area contributed by atoms with Crippen molar-refractivity contribution in [3.8, 4) is 0 Å². The van der Waals surface area contributed by atoms with Crippen LogP contribution in [0.15, 0.2) is 17.5 Å². The molecule has 1 nitrogen and oxygen atoms in total. The average Bonchev–Trinajstić information content (AvgIpc) is 2.66. The number of nitrogens with one attached hydrogen (secondary N) is 1. The molecule has 0 amide bonds. The van der Waals surface area contributed by atoms with Crippen LogP contribution in [0.2, 0.25) is 0 Å². The summed E-state index contributed by atoms with van der Waals surface area (Å²) in [4.78, 5) is 1.47. The third-order valence-corrected chi connectivity index (χ3v) is 4.11. The molecule has 14 heavy (non-hydrogen) atoms. The Bertz CT molecular complexity index is 233. The molecule has 1 aromatic heterocycles. The number of thioether (sulfide) groups is 1. The van der Waals surface area contributed by atoms with Gasteiger partial charge >= 0.3 is 0 Å². The van der Waals surface area contributed by atoms with Crippen molar-refractivity contribution in [2.24, 2.45) is 0 Å². The molecule has 0 saturated carbocycles. The first-order chi connectivity index (χ1) is 6.72. The SMILES string of the molecule is CSC(C)CNC(C)Cc1cccs1. The Morgan fingerprint density at radius 2 is 2.29 bits per heavy atom. The summed E-state index contributed by atoms with van der Waals surface area (Å²) in [5.74, 6) is 0. The van der Waals surface area contributed by atoms with Crippen molar-refractivity contribution in [2.45, 2.75) is 31.6 Å². The number of hydrogen-bond donors (Lipinski definition) is 1. The predicted octanol–water partition coefficient (Wildman–Crippen LogP) is 3.02. The molecule has 1 rings (SSSR count). The minimum atomic E-state index is 0.586. The van der Waals surface area contributed by atoms with Gasteiger partial charge in [-0.3, -0.25) is 0 Å². The van der Waals surface area contributed by atoms with Gasteiger partial charge in [0.2, 0.25) is 0 Å². The van der Waals surface area contributed by atoms with E-state index in [9.17, 15) is 0 Å². The molecule has 0 fully saturated rings. The van der Waals surface area contributed by atoms with E-state index in [4.69, 9.17) is 0 Å². The number of thiophene rings is 1. The molecule has 0 aliphatic heterocycles. The molecule has 1 N–H and O–H groups in total. The first-order valence-electron chi connectivity index (χ1n) is 5.01. The zero-order valence-electron chi connectivity index (χ0n) is 9.12. The fourth-order valence-electron chi connectivity index (χ4n) is 1.25. The largest absolute Gasteiger partial charge is 0.313 e. The summed E-state index contributed by atoms with van der Waals surface area (Å²) < 4.78 is 0. The summed E-state index contributed by atoms with van der Waals surface area (Å²) in [5.41, 5.74) is 0. The Morgan fingerprint density at radius 1 is 1.50 bits per heavy atom. The number of hydrogen-bond acceptors (Lipinski definition) is 3. The fourth-order valence-corrected chi connectivity index (χ4v) is 2.35. The molecule has 80 valence electrons. The van der Waals surface area contributed by atoms with E-state index < -0.39 is 0 Å². The van der Waals surface area contributed by atoms with E-state index in [1.54, 1.807) is 0 Å². The van der Waals surface area contributed by atoms with E-state index in [-0.39, 0.29) is 0 Å². The second-order valence-corrected chi connectivity index (χ2v) is 5.95. The topological polar surface area (TPSA) is 12.0 Å². The molecule has 1 aromatic rings. The van der Waals surface area contributed by atoms with Crippen LogP contribution in [0.1, 0.15) is 18.7 Å². The molecule has 3 heteroatoms. The van der Waals surface area contributed by atoms with Gasteiger partial charge in [0, 0.05) is 22.7 Å². The number of rotatable bonds is 6. The summed E-state index contributed by atoms with van der Waals surface area (Å²) in [6.07, 6.45) is 3.31. The highest BCUT2D eigenvalue weighted by atomic mass is 32.2. The van der Waals surface area contributed by atoms with Gasteiger partial charge in [-0.2, -0.15) is 11.8 Å². The highest BCUT2D eigenvalue weighted by Crippen LogP contribution is 2.11. The van der Waals surface area contributed by atoms with Crippen LogP contribution in [0.3, 0.4) is 0 Å². The normalized spacial score (nSPS) is 15.4. The lowest BCUT2D eigenvalue weighted by Crippen LogP contribution is -2.32. The van der Waals surface area contributed by atoms with Crippen LogP contribution in [-0.2, 0) is 6.42 Å². The standard InChI is InChI=1S/C11H19NS2/c1-9(12-8-10(2)13-3)7-11-5-4-6-14-11/h4-6,9-10,12H,7-8H2,1-3H3. The molecular formula is C11H19NS2. The highest BCUT2D eigenvalue weighted by Gasteiger charge is 2.05. The minimum absolute atomic E-state index is 0.586. The van der Waals surface area contributed by atoms with Crippen molar-refractivity contribution < 1.29 is 0 Å². The van der Waals surface area contributed by atoms with Gasteiger partial charge in [-0.05, 0) is 31.0 Å². The van der Waals surface area contributed by atoms with Crippen LogP contribution in [0.5, 0.6) is 0 Å². The van der Waals surface area contributed by atoms with E-state index >= 15 is 0 Å². The predicted molar refractivity (Wildman–Crippen MR) is 68.5 cm³/mol. The molecule has 0 bridgehead atoms. The summed E-state index contributed by atoms with van der Waals surface area (Å²) >= 11 is 3.76. The van der Waals surface area contributed by atoms with Crippen LogP contribution >= 0.6 is 23.1 Å². The maximum Gasteiger partial charge on any atom is 0.0141 e. The van der Waals surface area contributed by atoms with Crippen molar-refractivity contribution in [3.63, 3.8) is 0 Å². The highest BCUT2D eigenvalue weighted by molar-refractivity contribution is 7.99. The zero-order valence-corrected chi connectivity index (χ0v) is 10.8. The molecule has 2 unspecified atom stereocenters. The van der Waals surface area contributed by atoms with Gasteiger partial charge in [-0.15, -0.1) is 11.3 Å². The molecule has 0 saturated heterocycles. The Kier molecular flexibility index (Phi) is 5.60. The molecule has 1 heterocycles. The molecule has 0 aliphatic rings. The van der Waals surface area contributed by atoms with Crippen LogP contribution < -0.4 is 5.32 Å². The van der Waals surface area contributed by atoms with E-state index in [1.165, 1.54) is 4.88 Å². The van der Waals surface area contributed by atoms with Crippen molar-refractivity contribution in [1.82, 2.24) is 5.32 Å². The molecule has 0 aromatic carbocycles. The molecule has 2 atom stereocenters. The molecule has 0 aliphatic carbocycles. The van der Waals surface area contributed by atoms with Crippen LogP contribution in [0.25, 0.3) is 0 Å². The van der Waals surface area contributed by atoms with Crippen molar-refractivity contribution in [2.75, 3.05) is 12.8 Å². The lowest BCUT2D eigenvalue weighted by atomic mass is 10.2. The first kappa shape index (κ1) is 12.1. The van der Waals surface area contributed by atoms with Crippen LogP contribution in [-0.4, -0.2) is 24.1 Å². The lowest BCUT2D eigenvalue weighted by molar-refractivity contribution is 0.551. The molecule has 0 spiro atoms. The van der Waals surface area contributed by atoms with E-state index in [2.05, 4.69) is 42.9 Å². The smallest absolute Gasteiger partial charge is 0.0141 e. The Balaban J connectivity index is 2.19. The van der Waals surface area contributed by atoms with Gasteiger partial charge < -0.3 is 5.32 Å². The maximum absolute atomic E-state index is 3.56. The summed E-state index contributed by atoms with van der Waals surface area (Å²) in [6, 6.07) is 4.92. The van der Waals surface area contributed by atoms with Crippen molar-refractivity contribution in [1.29, 1.82) is 0 Å². The Morgan fingerprint density at radius 3 is 2.86 bits per heavy atom. The molecular weight excluding hydrogens is 210 g/mol. The Hall–Kier alpha value is 0.01000. The van der Waals surface area contributed by atoms with Gasteiger partial charge in [-0.1, -0.05) is 13.0 Å². The summed E-state index contributed by atoms with van der Waals surface area (Å²) in [7, 11) is 0. The first-order valence-corrected chi connectivity index (χ1v) is 7.17. The van der Waals surface area contributed by atoms with E-state index in [1.807, 2.05) is 23.1 Å². The second kappa shape index (κ2) is 6.49. The quantitative estimate of drug-likeness (QED) is 0.805. The van der Waals surface area contributed by atoms with Gasteiger partial charge in [0.15, 0.2) is 0 Å². The molecule has 0 radical (unpaired) electrons. The summed E-state index contributed by atoms with van der Waals surface area (Å²) in [6.45, 7) is 5.62. The third kappa shape index (κ3) is 4.49. The second-order valence-electron chi connectivity index (χ2n) is 3.64. The third-order valence-electron chi connectivity index (χ3n) is 2.24. The lowest BCUT2D eigenvalue weighted by Gasteiger charge is -2.15. The average molecular weight is 229 g/mol. The minimum Gasteiger partial charge on any atom is -0.313 e. The van der Waals surface area contributed by atoms with Crippen molar-refractivity contribution >= 4 is 23.1 Å².